The van der Waals surface area contributed by atoms with Gasteiger partial charge in [-0.25, -0.2) is 4.99 Å². The first kappa shape index (κ1) is 7.62. The molecule has 1 aliphatic rings. The fraction of sp³-hybridized carbons (Fsp3) is 0.222. The van der Waals surface area contributed by atoms with Crippen LogP contribution in [-0.2, 0) is 4.74 Å². The molecule has 0 fully saturated rings. The van der Waals surface area contributed by atoms with Crippen LogP contribution in [0.2, 0.25) is 5.02 Å². The van der Waals surface area contributed by atoms with Crippen molar-refractivity contribution in [3.8, 4) is 0 Å². The summed E-state index contributed by atoms with van der Waals surface area (Å²) in [5.41, 5.74) is 1.09. The molecule has 1 aliphatic heterocycles. The van der Waals surface area contributed by atoms with E-state index in [4.69, 9.17) is 16.3 Å². The SMILES string of the molecule is Cc1cc(Cl)cc2c1=NCOC=2. The number of nitrogens with zero attached hydrogens (tertiary/aromatic N) is 1. The van der Waals surface area contributed by atoms with Crippen LogP contribution in [0.4, 0.5) is 0 Å². The number of halogens is 1. The number of fused-ring (bicyclic) bond motifs is 1. The molecule has 2 rings (SSSR count). The highest BCUT2D eigenvalue weighted by Crippen LogP contribution is 2.04. The second kappa shape index (κ2) is 2.79. The van der Waals surface area contributed by atoms with Gasteiger partial charge in [0.15, 0.2) is 6.73 Å². The molecule has 0 saturated heterocycles. The van der Waals surface area contributed by atoms with E-state index < -0.39 is 0 Å². The Morgan fingerprint density at radius 2 is 2.33 bits per heavy atom. The summed E-state index contributed by atoms with van der Waals surface area (Å²) in [6.07, 6.45) is 1.70. The third-order valence-corrected chi connectivity index (χ3v) is 2.02. The molecule has 0 unspecified atom stereocenters. The van der Waals surface area contributed by atoms with Crippen molar-refractivity contribution in [2.75, 3.05) is 6.73 Å². The van der Waals surface area contributed by atoms with Crippen molar-refractivity contribution in [2.24, 2.45) is 4.99 Å². The normalized spacial score (nSPS) is 13.8. The molecule has 0 aromatic heterocycles. The van der Waals surface area contributed by atoms with Crippen LogP contribution < -0.4 is 10.6 Å². The zero-order chi connectivity index (χ0) is 8.55. The molecule has 0 aliphatic carbocycles. The summed E-state index contributed by atoms with van der Waals surface area (Å²) < 4.78 is 5.06. The average molecular weight is 182 g/mol. The monoisotopic (exact) mass is 181 g/mol. The second-order valence-electron chi connectivity index (χ2n) is 2.73. The van der Waals surface area contributed by atoms with Gasteiger partial charge in [0.2, 0.25) is 0 Å². The van der Waals surface area contributed by atoms with Crippen molar-refractivity contribution in [3.05, 3.63) is 33.3 Å². The molecule has 0 N–H and O–H groups in total. The lowest BCUT2D eigenvalue weighted by Gasteiger charge is -2.04. The molecule has 0 amide bonds. The highest BCUT2D eigenvalue weighted by molar-refractivity contribution is 6.30. The smallest absolute Gasteiger partial charge is 0.178 e. The van der Waals surface area contributed by atoms with E-state index in [-0.39, 0.29) is 0 Å². The van der Waals surface area contributed by atoms with Crippen molar-refractivity contribution in [1.82, 2.24) is 0 Å². The van der Waals surface area contributed by atoms with E-state index in [9.17, 15) is 0 Å². The molecule has 1 aromatic carbocycles. The fourth-order valence-electron chi connectivity index (χ4n) is 1.30. The van der Waals surface area contributed by atoms with Gasteiger partial charge in [-0.15, -0.1) is 0 Å². The Hall–Kier alpha value is -1.02. The highest BCUT2D eigenvalue weighted by Gasteiger charge is 1.99. The summed E-state index contributed by atoms with van der Waals surface area (Å²) >= 11 is 5.86. The van der Waals surface area contributed by atoms with E-state index in [1.165, 1.54) is 0 Å². The van der Waals surface area contributed by atoms with Gasteiger partial charge in [-0.2, -0.15) is 0 Å². The maximum absolute atomic E-state index is 5.86. The van der Waals surface area contributed by atoms with Crippen molar-refractivity contribution in [2.45, 2.75) is 6.92 Å². The fourth-order valence-corrected chi connectivity index (χ4v) is 1.58. The predicted molar refractivity (Wildman–Crippen MR) is 47.4 cm³/mol. The molecular weight excluding hydrogens is 174 g/mol. The lowest BCUT2D eigenvalue weighted by molar-refractivity contribution is 0.296. The van der Waals surface area contributed by atoms with Gasteiger partial charge in [0.1, 0.15) is 0 Å². The van der Waals surface area contributed by atoms with Crippen LogP contribution in [0.5, 0.6) is 0 Å². The van der Waals surface area contributed by atoms with Crippen LogP contribution in [-0.4, -0.2) is 6.73 Å². The van der Waals surface area contributed by atoms with Gasteiger partial charge < -0.3 is 4.74 Å². The topological polar surface area (TPSA) is 21.6 Å². The Balaban J connectivity index is 2.87. The molecule has 0 saturated carbocycles. The lowest BCUT2D eigenvalue weighted by atomic mass is 10.2. The summed E-state index contributed by atoms with van der Waals surface area (Å²) in [4.78, 5) is 4.22. The maximum atomic E-state index is 5.86. The van der Waals surface area contributed by atoms with Crippen molar-refractivity contribution < 1.29 is 4.74 Å². The van der Waals surface area contributed by atoms with Gasteiger partial charge in [0.25, 0.3) is 0 Å². The number of rotatable bonds is 0. The third kappa shape index (κ3) is 1.18. The molecule has 0 atom stereocenters. The zero-order valence-corrected chi connectivity index (χ0v) is 7.43. The van der Waals surface area contributed by atoms with E-state index in [1.807, 2.05) is 19.1 Å². The average Bonchev–Trinajstić information content (AvgIpc) is 2.04. The first-order valence-electron chi connectivity index (χ1n) is 3.70. The van der Waals surface area contributed by atoms with Crippen LogP contribution in [0.25, 0.3) is 6.26 Å². The molecule has 1 heterocycles. The first-order valence-corrected chi connectivity index (χ1v) is 4.07. The van der Waals surface area contributed by atoms with E-state index in [0.29, 0.717) is 6.73 Å². The number of benzene rings is 1. The molecule has 1 aromatic rings. The largest absolute Gasteiger partial charge is 0.478 e. The first-order chi connectivity index (χ1) is 5.77. The second-order valence-corrected chi connectivity index (χ2v) is 3.17. The van der Waals surface area contributed by atoms with Crippen molar-refractivity contribution in [3.63, 3.8) is 0 Å². The van der Waals surface area contributed by atoms with Crippen LogP contribution in [0.1, 0.15) is 5.56 Å². The van der Waals surface area contributed by atoms with Crippen LogP contribution >= 0.6 is 11.6 Å². The number of ether oxygens (including phenoxy) is 1. The number of hydrogen-bond donors (Lipinski definition) is 0. The lowest BCUT2D eigenvalue weighted by Crippen LogP contribution is -2.31. The molecule has 2 nitrogen and oxygen atoms in total. The van der Waals surface area contributed by atoms with Crippen LogP contribution in [0, 0.1) is 6.92 Å². The van der Waals surface area contributed by atoms with E-state index in [1.54, 1.807) is 6.26 Å². The number of aryl methyl sites for hydroxylation is 1. The third-order valence-electron chi connectivity index (χ3n) is 1.80. The van der Waals surface area contributed by atoms with Gasteiger partial charge in [-0.1, -0.05) is 11.6 Å². The van der Waals surface area contributed by atoms with E-state index in [0.717, 1.165) is 21.2 Å². The van der Waals surface area contributed by atoms with E-state index in [2.05, 4.69) is 4.99 Å². The predicted octanol–water partition coefficient (Wildman–Crippen LogP) is 0.994. The van der Waals surface area contributed by atoms with Gasteiger partial charge in [0.05, 0.1) is 11.6 Å². The summed E-state index contributed by atoms with van der Waals surface area (Å²) in [6.45, 7) is 2.41. The molecule has 12 heavy (non-hydrogen) atoms. The molecule has 0 bridgehead atoms. The van der Waals surface area contributed by atoms with Crippen LogP contribution in [0.3, 0.4) is 0 Å². The van der Waals surface area contributed by atoms with E-state index >= 15 is 0 Å². The van der Waals surface area contributed by atoms with Crippen molar-refractivity contribution >= 4 is 17.9 Å². The minimum absolute atomic E-state index is 0.412. The summed E-state index contributed by atoms with van der Waals surface area (Å²) in [7, 11) is 0. The Labute approximate surface area is 75.1 Å². The summed E-state index contributed by atoms with van der Waals surface area (Å²) in [6, 6.07) is 3.76. The summed E-state index contributed by atoms with van der Waals surface area (Å²) in [5.74, 6) is 0. The Morgan fingerprint density at radius 1 is 1.50 bits per heavy atom. The minimum atomic E-state index is 0.412. The maximum Gasteiger partial charge on any atom is 0.178 e. The summed E-state index contributed by atoms with van der Waals surface area (Å²) in [5, 5.41) is 2.68. The van der Waals surface area contributed by atoms with Gasteiger partial charge in [0, 0.05) is 10.2 Å². The number of hydrogen-bond acceptors (Lipinski definition) is 2. The zero-order valence-electron chi connectivity index (χ0n) is 6.67. The molecule has 62 valence electrons. The quantitative estimate of drug-likeness (QED) is 0.585. The Kier molecular flexibility index (Phi) is 1.77. The van der Waals surface area contributed by atoms with Gasteiger partial charge >= 0.3 is 0 Å². The Morgan fingerprint density at radius 3 is 3.17 bits per heavy atom. The Bertz CT molecular complexity index is 425. The minimum Gasteiger partial charge on any atom is -0.478 e. The van der Waals surface area contributed by atoms with Gasteiger partial charge in [-0.05, 0) is 24.6 Å². The van der Waals surface area contributed by atoms with Crippen molar-refractivity contribution in [1.29, 1.82) is 0 Å². The standard InChI is InChI=1S/C9H8ClNO/c1-6-2-8(10)3-7-4-12-5-11-9(6)7/h2-4H,5H2,1H3. The molecule has 0 spiro atoms. The highest BCUT2D eigenvalue weighted by atomic mass is 35.5. The molecular formula is C9H8ClNO. The molecule has 3 heteroatoms. The van der Waals surface area contributed by atoms with Gasteiger partial charge in [-0.3, -0.25) is 0 Å². The van der Waals surface area contributed by atoms with Crippen LogP contribution in [0.15, 0.2) is 17.1 Å². The molecule has 0 radical (unpaired) electrons.